The summed E-state index contributed by atoms with van der Waals surface area (Å²) in [5.74, 6) is 0.740. The molecule has 0 saturated heterocycles. The third-order valence-corrected chi connectivity index (χ3v) is 2.54. The molecule has 17 heavy (non-hydrogen) atoms. The van der Waals surface area contributed by atoms with Gasteiger partial charge < -0.3 is 4.74 Å². The fourth-order valence-electron chi connectivity index (χ4n) is 1.53. The summed E-state index contributed by atoms with van der Waals surface area (Å²) in [6, 6.07) is 5.20. The number of halogens is 1. The van der Waals surface area contributed by atoms with Gasteiger partial charge in [0, 0.05) is 12.0 Å². The molecule has 0 heterocycles. The van der Waals surface area contributed by atoms with E-state index in [1.165, 1.54) is 0 Å². The Hall–Kier alpha value is -1.02. The lowest BCUT2D eigenvalue weighted by molar-refractivity contribution is 0.0940. The minimum Gasteiger partial charge on any atom is -0.492 e. The lowest BCUT2D eigenvalue weighted by atomic mass is 9.88. The second kappa shape index (κ2) is 5.54. The highest BCUT2D eigenvalue weighted by Gasteiger charge is 2.18. The van der Waals surface area contributed by atoms with Crippen LogP contribution < -0.4 is 4.74 Å². The van der Waals surface area contributed by atoms with Crippen LogP contribution in [0.15, 0.2) is 18.2 Å². The van der Waals surface area contributed by atoms with Crippen molar-refractivity contribution in [3.05, 3.63) is 28.8 Å². The average molecular weight is 255 g/mol. The van der Waals surface area contributed by atoms with Crippen molar-refractivity contribution in [2.75, 3.05) is 6.61 Å². The monoisotopic (exact) mass is 254 g/mol. The second-order valence-corrected chi connectivity index (χ2v) is 5.65. The topological polar surface area (TPSA) is 26.3 Å². The standard InChI is InChI=1S/C14H19ClO2/c1-5-17-13-7-6-10(8-11(13)15)12(16)9-14(2,3)4/h6-8H,5,9H2,1-4H3. The van der Waals surface area contributed by atoms with E-state index < -0.39 is 0 Å². The van der Waals surface area contributed by atoms with E-state index in [2.05, 4.69) is 0 Å². The zero-order valence-electron chi connectivity index (χ0n) is 10.8. The Bertz CT molecular complexity index is 405. The van der Waals surface area contributed by atoms with Crippen LogP contribution in [0.4, 0.5) is 0 Å². The highest BCUT2D eigenvalue weighted by Crippen LogP contribution is 2.28. The highest BCUT2D eigenvalue weighted by atomic mass is 35.5. The molecule has 3 heteroatoms. The van der Waals surface area contributed by atoms with Crippen LogP contribution in [0, 0.1) is 5.41 Å². The molecule has 0 aliphatic heterocycles. The maximum absolute atomic E-state index is 12.0. The van der Waals surface area contributed by atoms with Crippen LogP contribution in [-0.2, 0) is 0 Å². The van der Waals surface area contributed by atoms with Crippen LogP contribution in [0.5, 0.6) is 5.75 Å². The van der Waals surface area contributed by atoms with Gasteiger partial charge in [-0.2, -0.15) is 0 Å². The molecule has 2 nitrogen and oxygen atoms in total. The van der Waals surface area contributed by atoms with Gasteiger partial charge in [0.1, 0.15) is 5.75 Å². The normalized spacial score (nSPS) is 11.4. The zero-order valence-corrected chi connectivity index (χ0v) is 11.6. The number of carbonyl (C=O) groups is 1. The number of Topliss-reactive ketones (excluding diaryl/α,β-unsaturated/α-hetero) is 1. The van der Waals surface area contributed by atoms with Crippen molar-refractivity contribution in [1.82, 2.24) is 0 Å². The van der Waals surface area contributed by atoms with Crippen molar-refractivity contribution in [1.29, 1.82) is 0 Å². The summed E-state index contributed by atoms with van der Waals surface area (Å²) in [4.78, 5) is 12.0. The first-order chi connectivity index (χ1) is 7.83. The molecule has 0 spiro atoms. The van der Waals surface area contributed by atoms with Gasteiger partial charge in [0.15, 0.2) is 5.78 Å². The Labute approximate surface area is 108 Å². The summed E-state index contributed by atoms with van der Waals surface area (Å²) in [7, 11) is 0. The zero-order chi connectivity index (χ0) is 13.1. The molecule has 0 radical (unpaired) electrons. The van der Waals surface area contributed by atoms with Crippen LogP contribution in [0.2, 0.25) is 5.02 Å². The molecule has 1 rings (SSSR count). The Morgan fingerprint density at radius 2 is 2.00 bits per heavy atom. The minimum absolute atomic E-state index is 0.0118. The summed E-state index contributed by atoms with van der Waals surface area (Å²) in [5, 5.41) is 0.492. The van der Waals surface area contributed by atoms with Gasteiger partial charge in [-0.3, -0.25) is 4.79 Å². The molecular weight excluding hydrogens is 236 g/mol. The van der Waals surface area contributed by atoms with Crippen molar-refractivity contribution < 1.29 is 9.53 Å². The summed E-state index contributed by atoms with van der Waals surface area (Å²) in [5.41, 5.74) is 0.635. The van der Waals surface area contributed by atoms with E-state index in [0.717, 1.165) is 0 Å². The molecule has 0 atom stereocenters. The maximum atomic E-state index is 12.0. The van der Waals surface area contributed by atoms with Crippen LogP contribution in [-0.4, -0.2) is 12.4 Å². The smallest absolute Gasteiger partial charge is 0.163 e. The molecule has 0 aromatic heterocycles. The quantitative estimate of drug-likeness (QED) is 0.747. The fourth-order valence-corrected chi connectivity index (χ4v) is 1.77. The van der Waals surface area contributed by atoms with Gasteiger partial charge in [0.05, 0.1) is 11.6 Å². The summed E-state index contributed by atoms with van der Waals surface area (Å²) in [6.45, 7) is 8.59. The van der Waals surface area contributed by atoms with E-state index in [-0.39, 0.29) is 11.2 Å². The lowest BCUT2D eigenvalue weighted by Crippen LogP contribution is -2.13. The molecule has 0 aliphatic rings. The van der Waals surface area contributed by atoms with E-state index in [1.807, 2.05) is 27.7 Å². The van der Waals surface area contributed by atoms with Crippen molar-refractivity contribution >= 4 is 17.4 Å². The number of hydrogen-bond donors (Lipinski definition) is 0. The fraction of sp³-hybridized carbons (Fsp3) is 0.500. The summed E-state index contributed by atoms with van der Waals surface area (Å²) >= 11 is 6.05. The van der Waals surface area contributed by atoms with E-state index in [0.29, 0.717) is 29.4 Å². The van der Waals surface area contributed by atoms with Gasteiger partial charge in [-0.15, -0.1) is 0 Å². The van der Waals surface area contributed by atoms with Gasteiger partial charge in [-0.25, -0.2) is 0 Å². The maximum Gasteiger partial charge on any atom is 0.163 e. The van der Waals surface area contributed by atoms with Crippen molar-refractivity contribution in [2.45, 2.75) is 34.1 Å². The van der Waals surface area contributed by atoms with Gasteiger partial charge in [-0.05, 0) is 30.5 Å². The van der Waals surface area contributed by atoms with E-state index in [4.69, 9.17) is 16.3 Å². The molecule has 0 fully saturated rings. The molecule has 0 amide bonds. The number of benzene rings is 1. The van der Waals surface area contributed by atoms with Crippen LogP contribution >= 0.6 is 11.6 Å². The van der Waals surface area contributed by atoms with Crippen molar-refractivity contribution in [3.8, 4) is 5.75 Å². The Morgan fingerprint density at radius 3 is 2.47 bits per heavy atom. The van der Waals surface area contributed by atoms with E-state index in [9.17, 15) is 4.79 Å². The third-order valence-electron chi connectivity index (χ3n) is 2.24. The Morgan fingerprint density at radius 1 is 1.35 bits per heavy atom. The molecule has 0 bridgehead atoms. The third kappa shape index (κ3) is 4.39. The summed E-state index contributed by atoms with van der Waals surface area (Å²) in [6.07, 6.45) is 0.511. The SMILES string of the molecule is CCOc1ccc(C(=O)CC(C)(C)C)cc1Cl. The first kappa shape index (κ1) is 14.0. The average Bonchev–Trinajstić information content (AvgIpc) is 2.18. The van der Waals surface area contributed by atoms with E-state index in [1.54, 1.807) is 18.2 Å². The molecule has 0 saturated carbocycles. The van der Waals surface area contributed by atoms with Crippen LogP contribution in [0.3, 0.4) is 0 Å². The van der Waals surface area contributed by atoms with Crippen molar-refractivity contribution in [2.24, 2.45) is 5.41 Å². The first-order valence-electron chi connectivity index (χ1n) is 5.79. The Balaban J connectivity index is 2.86. The molecule has 0 unspecified atom stereocenters. The molecule has 1 aromatic carbocycles. The highest BCUT2D eigenvalue weighted by molar-refractivity contribution is 6.32. The minimum atomic E-state index is -0.0118. The lowest BCUT2D eigenvalue weighted by Gasteiger charge is -2.17. The first-order valence-corrected chi connectivity index (χ1v) is 6.17. The molecule has 0 aliphatic carbocycles. The number of hydrogen-bond acceptors (Lipinski definition) is 2. The predicted octanol–water partition coefficient (Wildman–Crippen LogP) is 4.36. The van der Waals surface area contributed by atoms with E-state index >= 15 is 0 Å². The Kier molecular flexibility index (Phi) is 4.58. The number of carbonyl (C=O) groups excluding carboxylic acids is 1. The number of rotatable bonds is 4. The predicted molar refractivity (Wildman–Crippen MR) is 71.0 cm³/mol. The van der Waals surface area contributed by atoms with Crippen LogP contribution in [0.1, 0.15) is 44.5 Å². The second-order valence-electron chi connectivity index (χ2n) is 5.24. The van der Waals surface area contributed by atoms with Crippen molar-refractivity contribution in [3.63, 3.8) is 0 Å². The van der Waals surface area contributed by atoms with Gasteiger partial charge in [-0.1, -0.05) is 32.4 Å². The molecule has 1 aromatic rings. The summed E-state index contributed by atoms with van der Waals surface area (Å²) < 4.78 is 5.33. The number of ketones is 1. The van der Waals surface area contributed by atoms with Gasteiger partial charge >= 0.3 is 0 Å². The molecule has 0 N–H and O–H groups in total. The van der Waals surface area contributed by atoms with Gasteiger partial charge in [0.2, 0.25) is 0 Å². The molecular formula is C14H19ClO2. The molecule has 94 valence electrons. The van der Waals surface area contributed by atoms with Gasteiger partial charge in [0.25, 0.3) is 0 Å². The largest absolute Gasteiger partial charge is 0.492 e. The number of ether oxygens (including phenoxy) is 1. The van der Waals surface area contributed by atoms with Crippen LogP contribution in [0.25, 0.3) is 0 Å².